The Labute approximate surface area is 207 Å². The molecule has 0 aliphatic carbocycles. The summed E-state index contributed by atoms with van der Waals surface area (Å²) in [6.45, 7) is 8.28. The summed E-state index contributed by atoms with van der Waals surface area (Å²) in [5.74, 6) is -2.49. The van der Waals surface area contributed by atoms with Crippen LogP contribution in [-0.2, 0) is 19.2 Å². The first-order chi connectivity index (χ1) is 16.4. The number of likely N-dealkylation sites (tertiary alicyclic amines) is 1. The van der Waals surface area contributed by atoms with E-state index in [9.17, 15) is 24.3 Å². The molecular formula is C23H43N7O5. The second kappa shape index (κ2) is 14.5. The van der Waals surface area contributed by atoms with Gasteiger partial charge in [0.05, 0.1) is 6.04 Å². The number of amides is 3. The number of nitrogens with one attached hydrogen (secondary N) is 2. The summed E-state index contributed by atoms with van der Waals surface area (Å²) in [7, 11) is 0. The number of nitrogens with zero attached hydrogens (tertiary/aromatic N) is 2. The Morgan fingerprint density at radius 2 is 1.77 bits per heavy atom. The highest BCUT2D eigenvalue weighted by Gasteiger charge is 2.39. The van der Waals surface area contributed by atoms with E-state index in [0.29, 0.717) is 32.2 Å². The van der Waals surface area contributed by atoms with Crippen LogP contribution >= 0.6 is 0 Å². The third-order valence-corrected chi connectivity index (χ3v) is 6.28. The molecule has 200 valence electrons. The first kappa shape index (κ1) is 30.1. The van der Waals surface area contributed by atoms with Crippen molar-refractivity contribution in [2.75, 3.05) is 13.1 Å². The van der Waals surface area contributed by atoms with E-state index in [4.69, 9.17) is 17.2 Å². The number of guanidine groups is 1. The predicted molar refractivity (Wildman–Crippen MR) is 133 cm³/mol. The maximum Gasteiger partial charge on any atom is 0.326 e. The monoisotopic (exact) mass is 497 g/mol. The van der Waals surface area contributed by atoms with E-state index in [0.717, 1.165) is 6.42 Å². The lowest BCUT2D eigenvalue weighted by atomic mass is 9.97. The SMILES string of the molecule is CCC(C)C(N)C(=O)NC(CC(C)C)C(=O)N1CCCC1C(=O)NC(CCCN=C(N)N)C(=O)O. The summed E-state index contributed by atoms with van der Waals surface area (Å²) in [6, 6.07) is -3.50. The number of rotatable bonds is 14. The van der Waals surface area contributed by atoms with Gasteiger partial charge in [-0.25, -0.2) is 4.79 Å². The molecule has 1 rings (SSSR count). The Hall–Kier alpha value is -2.89. The number of carbonyl (C=O) groups is 4. The van der Waals surface area contributed by atoms with Crippen molar-refractivity contribution < 1.29 is 24.3 Å². The van der Waals surface area contributed by atoms with Crippen LogP contribution in [0.15, 0.2) is 4.99 Å². The summed E-state index contributed by atoms with van der Waals surface area (Å²) in [5, 5.41) is 14.8. The molecule has 1 aliphatic rings. The number of nitrogens with two attached hydrogens (primary N) is 3. The van der Waals surface area contributed by atoms with E-state index in [1.54, 1.807) is 0 Å². The molecule has 12 nitrogen and oxygen atoms in total. The predicted octanol–water partition coefficient (Wildman–Crippen LogP) is -0.495. The highest BCUT2D eigenvalue weighted by molar-refractivity contribution is 5.94. The van der Waals surface area contributed by atoms with Crippen LogP contribution in [0.1, 0.15) is 66.2 Å². The molecule has 9 N–H and O–H groups in total. The first-order valence-corrected chi connectivity index (χ1v) is 12.3. The van der Waals surface area contributed by atoms with Crippen LogP contribution in [0, 0.1) is 11.8 Å². The van der Waals surface area contributed by atoms with Crippen molar-refractivity contribution in [2.45, 2.75) is 90.4 Å². The van der Waals surface area contributed by atoms with Crippen molar-refractivity contribution in [2.24, 2.45) is 34.0 Å². The fraction of sp³-hybridized carbons (Fsp3) is 0.783. The number of hydrogen-bond acceptors (Lipinski definition) is 6. The van der Waals surface area contributed by atoms with E-state index in [-0.39, 0.29) is 36.7 Å². The van der Waals surface area contributed by atoms with E-state index in [2.05, 4.69) is 15.6 Å². The van der Waals surface area contributed by atoms with Gasteiger partial charge < -0.3 is 37.8 Å². The van der Waals surface area contributed by atoms with Crippen LogP contribution in [0.5, 0.6) is 0 Å². The van der Waals surface area contributed by atoms with Crippen molar-refractivity contribution >= 4 is 29.7 Å². The molecule has 0 radical (unpaired) electrons. The van der Waals surface area contributed by atoms with Crippen molar-refractivity contribution in [1.82, 2.24) is 15.5 Å². The Balaban J connectivity index is 2.91. The van der Waals surface area contributed by atoms with Gasteiger partial charge in [-0.15, -0.1) is 0 Å². The minimum absolute atomic E-state index is 0.0462. The molecule has 12 heteroatoms. The molecule has 35 heavy (non-hydrogen) atoms. The molecule has 0 aromatic carbocycles. The van der Waals surface area contributed by atoms with Crippen molar-refractivity contribution in [3.8, 4) is 0 Å². The highest BCUT2D eigenvalue weighted by atomic mass is 16.4. The molecule has 5 unspecified atom stereocenters. The van der Waals surface area contributed by atoms with Crippen molar-refractivity contribution in [3.05, 3.63) is 0 Å². The Kier molecular flexibility index (Phi) is 12.5. The quantitative estimate of drug-likeness (QED) is 0.104. The van der Waals surface area contributed by atoms with Crippen LogP contribution in [0.2, 0.25) is 0 Å². The van der Waals surface area contributed by atoms with Crippen molar-refractivity contribution in [3.63, 3.8) is 0 Å². The van der Waals surface area contributed by atoms with E-state index >= 15 is 0 Å². The maximum atomic E-state index is 13.4. The molecule has 1 saturated heterocycles. The van der Waals surface area contributed by atoms with Gasteiger partial charge in [0.1, 0.15) is 18.1 Å². The van der Waals surface area contributed by atoms with Crippen LogP contribution in [0.3, 0.4) is 0 Å². The van der Waals surface area contributed by atoms with Crippen LogP contribution in [0.4, 0.5) is 0 Å². The fourth-order valence-electron chi connectivity index (χ4n) is 4.01. The Morgan fingerprint density at radius 3 is 2.31 bits per heavy atom. The summed E-state index contributed by atoms with van der Waals surface area (Å²) < 4.78 is 0. The van der Waals surface area contributed by atoms with Gasteiger partial charge in [-0.05, 0) is 43.9 Å². The molecule has 0 saturated carbocycles. The molecular weight excluding hydrogens is 454 g/mol. The Bertz CT molecular complexity index is 769. The van der Waals surface area contributed by atoms with Crippen LogP contribution in [0.25, 0.3) is 0 Å². The summed E-state index contributed by atoms with van der Waals surface area (Å²) in [5.41, 5.74) is 16.6. The third-order valence-electron chi connectivity index (χ3n) is 6.28. The van der Waals surface area contributed by atoms with Crippen molar-refractivity contribution in [1.29, 1.82) is 0 Å². The summed E-state index contributed by atoms with van der Waals surface area (Å²) in [4.78, 5) is 56.0. The average Bonchev–Trinajstić information content (AvgIpc) is 3.28. The summed E-state index contributed by atoms with van der Waals surface area (Å²) >= 11 is 0. The molecule has 0 spiro atoms. The van der Waals surface area contributed by atoms with Gasteiger partial charge in [-0.1, -0.05) is 34.1 Å². The zero-order valence-corrected chi connectivity index (χ0v) is 21.3. The van der Waals surface area contributed by atoms with Crippen LogP contribution < -0.4 is 27.8 Å². The van der Waals surface area contributed by atoms with Crippen LogP contribution in [-0.4, -0.2) is 76.9 Å². The number of carbonyl (C=O) groups excluding carboxylic acids is 3. The largest absolute Gasteiger partial charge is 0.480 e. The third kappa shape index (κ3) is 9.71. The lowest BCUT2D eigenvalue weighted by Crippen LogP contribution is -2.57. The number of aliphatic imine (C=N–C) groups is 1. The second-order valence-electron chi connectivity index (χ2n) is 9.64. The first-order valence-electron chi connectivity index (χ1n) is 12.3. The van der Waals surface area contributed by atoms with Gasteiger partial charge in [0.25, 0.3) is 0 Å². The fourth-order valence-corrected chi connectivity index (χ4v) is 4.01. The van der Waals surface area contributed by atoms with Gasteiger partial charge >= 0.3 is 5.97 Å². The minimum Gasteiger partial charge on any atom is -0.480 e. The minimum atomic E-state index is -1.18. The Morgan fingerprint density at radius 1 is 1.11 bits per heavy atom. The van der Waals surface area contributed by atoms with Gasteiger partial charge in [0, 0.05) is 13.1 Å². The topological polar surface area (TPSA) is 206 Å². The molecule has 1 heterocycles. The number of carboxylic acids is 1. The standard InChI is InChI=1S/C23H43N7O5/c1-5-14(4)18(24)20(32)29-16(12-13(2)3)21(33)30-11-7-9-17(30)19(31)28-15(22(34)35)8-6-10-27-23(25)26/h13-18H,5-12,24H2,1-4H3,(H,28,31)(H,29,32)(H,34,35)(H4,25,26,27). The smallest absolute Gasteiger partial charge is 0.326 e. The number of aliphatic carboxylic acids is 1. The van der Waals surface area contributed by atoms with Gasteiger partial charge in [-0.2, -0.15) is 0 Å². The average molecular weight is 498 g/mol. The second-order valence-corrected chi connectivity index (χ2v) is 9.64. The molecule has 0 bridgehead atoms. The lowest BCUT2D eigenvalue weighted by molar-refractivity contribution is -0.145. The highest BCUT2D eigenvalue weighted by Crippen LogP contribution is 2.21. The van der Waals surface area contributed by atoms with Gasteiger partial charge in [-0.3, -0.25) is 19.4 Å². The zero-order valence-electron chi connectivity index (χ0n) is 21.3. The molecule has 5 atom stereocenters. The molecule has 0 aromatic heterocycles. The maximum absolute atomic E-state index is 13.4. The molecule has 3 amide bonds. The van der Waals surface area contributed by atoms with Gasteiger partial charge in [0.15, 0.2) is 5.96 Å². The molecule has 0 aromatic rings. The van der Waals surface area contributed by atoms with E-state index in [1.807, 2.05) is 27.7 Å². The number of carboxylic acid groups (broad SMARTS) is 1. The van der Waals surface area contributed by atoms with Gasteiger partial charge in [0.2, 0.25) is 17.7 Å². The van der Waals surface area contributed by atoms with E-state index < -0.39 is 42.0 Å². The number of hydrogen-bond donors (Lipinski definition) is 6. The van der Waals surface area contributed by atoms with E-state index in [1.165, 1.54) is 4.90 Å². The summed E-state index contributed by atoms with van der Waals surface area (Å²) in [6.07, 6.45) is 2.63. The molecule has 1 aliphatic heterocycles. The molecule has 1 fully saturated rings. The lowest BCUT2D eigenvalue weighted by Gasteiger charge is -2.31. The zero-order chi connectivity index (χ0) is 26.7. The normalized spacial score (nSPS) is 18.9.